The number of fused-ring (bicyclic) bond motifs is 1. The van der Waals surface area contributed by atoms with Crippen molar-refractivity contribution in [2.45, 2.75) is 39.5 Å². The lowest BCUT2D eigenvalue weighted by molar-refractivity contribution is -0.133. The van der Waals surface area contributed by atoms with Crippen LogP contribution in [0.25, 0.3) is 0 Å². The Balaban J connectivity index is 2.39. The Morgan fingerprint density at radius 2 is 2.17 bits per heavy atom. The fourth-order valence-electron chi connectivity index (χ4n) is 3.51. The zero-order valence-electron chi connectivity index (χ0n) is 11.3. The number of hydrogen-bond acceptors (Lipinski definition) is 1. The van der Waals surface area contributed by atoms with E-state index >= 15 is 0 Å². The molecule has 2 aliphatic carbocycles. The van der Waals surface area contributed by atoms with Crippen LogP contribution in [0, 0.1) is 17.3 Å². The highest BCUT2D eigenvalue weighted by Gasteiger charge is 2.46. The minimum Gasteiger partial charge on any atom is -0.478 e. The van der Waals surface area contributed by atoms with Gasteiger partial charge in [0.05, 0.1) is 0 Å². The predicted octanol–water partition coefficient (Wildman–Crippen LogP) is 3.96. The molecule has 1 saturated carbocycles. The fourth-order valence-corrected chi connectivity index (χ4v) is 3.51. The van der Waals surface area contributed by atoms with Gasteiger partial charge in [0.1, 0.15) is 0 Å². The molecule has 0 heterocycles. The van der Waals surface area contributed by atoms with Crippen LogP contribution < -0.4 is 0 Å². The molecule has 2 aliphatic rings. The molecule has 0 bridgehead atoms. The smallest absolute Gasteiger partial charge is 0.331 e. The van der Waals surface area contributed by atoms with E-state index in [4.69, 9.17) is 0 Å². The number of carboxylic acid groups (broad SMARTS) is 1. The molecule has 0 radical (unpaired) electrons. The number of carbonyl (C=O) groups is 1. The summed E-state index contributed by atoms with van der Waals surface area (Å²) in [6.45, 7) is 12.4. The van der Waals surface area contributed by atoms with Gasteiger partial charge in [-0.1, -0.05) is 37.3 Å². The molecule has 0 aliphatic heterocycles. The highest BCUT2D eigenvalue weighted by Crippen LogP contribution is 2.55. The van der Waals surface area contributed by atoms with Gasteiger partial charge in [-0.05, 0) is 49.9 Å². The van der Waals surface area contributed by atoms with E-state index in [-0.39, 0.29) is 17.3 Å². The Kier molecular flexibility index (Phi) is 3.22. The van der Waals surface area contributed by atoms with Crippen LogP contribution in [-0.4, -0.2) is 11.1 Å². The van der Waals surface area contributed by atoms with Crippen molar-refractivity contribution in [1.29, 1.82) is 0 Å². The molecule has 3 unspecified atom stereocenters. The van der Waals surface area contributed by atoms with Crippen LogP contribution in [0.1, 0.15) is 39.5 Å². The third-order valence-corrected chi connectivity index (χ3v) is 4.96. The van der Waals surface area contributed by atoms with E-state index in [9.17, 15) is 9.90 Å². The lowest BCUT2D eigenvalue weighted by Gasteiger charge is -2.49. The summed E-state index contributed by atoms with van der Waals surface area (Å²) in [6.07, 6.45) is 6.25. The highest BCUT2D eigenvalue weighted by atomic mass is 16.4. The van der Waals surface area contributed by atoms with Crippen molar-refractivity contribution in [2.75, 3.05) is 0 Å². The molecule has 1 fully saturated rings. The monoisotopic (exact) mass is 246 g/mol. The molecule has 0 spiro atoms. The molecule has 2 heteroatoms. The van der Waals surface area contributed by atoms with Gasteiger partial charge in [-0.15, -0.1) is 0 Å². The van der Waals surface area contributed by atoms with Gasteiger partial charge in [-0.2, -0.15) is 0 Å². The van der Waals surface area contributed by atoms with Crippen LogP contribution in [0.4, 0.5) is 0 Å². The Labute approximate surface area is 109 Å². The van der Waals surface area contributed by atoms with E-state index in [0.717, 1.165) is 25.7 Å². The number of allylic oxidation sites excluding steroid dienone is 3. The summed E-state index contributed by atoms with van der Waals surface area (Å²) in [6, 6.07) is 0. The molecule has 0 amide bonds. The largest absolute Gasteiger partial charge is 0.478 e. The molecular weight excluding hydrogens is 224 g/mol. The Morgan fingerprint density at radius 3 is 2.78 bits per heavy atom. The summed E-state index contributed by atoms with van der Waals surface area (Å²) >= 11 is 0. The molecule has 2 nitrogen and oxygen atoms in total. The molecule has 0 aromatic heterocycles. The van der Waals surface area contributed by atoms with Gasteiger partial charge in [-0.25, -0.2) is 4.79 Å². The van der Waals surface area contributed by atoms with Gasteiger partial charge in [-0.3, -0.25) is 0 Å². The number of rotatable bonds is 2. The van der Waals surface area contributed by atoms with E-state index in [1.807, 2.05) is 0 Å². The maximum absolute atomic E-state index is 11.2. The average Bonchev–Trinajstić information content (AvgIpc) is 2.31. The summed E-state index contributed by atoms with van der Waals surface area (Å²) in [5.41, 5.74) is 3.08. The molecule has 1 N–H and O–H groups in total. The first-order valence-corrected chi connectivity index (χ1v) is 6.64. The van der Waals surface area contributed by atoms with E-state index in [2.05, 4.69) is 33.1 Å². The summed E-state index contributed by atoms with van der Waals surface area (Å²) in [7, 11) is 0. The molecular formula is C16H22O2. The topological polar surface area (TPSA) is 37.3 Å². The second-order valence-corrected chi connectivity index (χ2v) is 6.04. The summed E-state index contributed by atoms with van der Waals surface area (Å²) in [5.74, 6) is -0.532. The Bertz CT molecular complexity index is 444. The van der Waals surface area contributed by atoms with Crippen LogP contribution in [0.3, 0.4) is 0 Å². The van der Waals surface area contributed by atoms with Gasteiger partial charge >= 0.3 is 5.97 Å². The number of hydrogen-bond donors (Lipinski definition) is 1. The van der Waals surface area contributed by atoms with Crippen LogP contribution in [0.5, 0.6) is 0 Å². The first kappa shape index (κ1) is 13.1. The van der Waals surface area contributed by atoms with Crippen LogP contribution in [0.2, 0.25) is 0 Å². The average molecular weight is 246 g/mol. The van der Waals surface area contributed by atoms with Crippen molar-refractivity contribution in [3.8, 4) is 0 Å². The first-order chi connectivity index (χ1) is 8.36. The van der Waals surface area contributed by atoms with Gasteiger partial charge in [0.25, 0.3) is 0 Å². The van der Waals surface area contributed by atoms with Gasteiger partial charge in [0, 0.05) is 5.57 Å². The minimum absolute atomic E-state index is 0.0564. The maximum atomic E-state index is 11.2. The minimum atomic E-state index is -0.855. The lowest BCUT2D eigenvalue weighted by Crippen LogP contribution is -2.41. The second-order valence-electron chi connectivity index (χ2n) is 6.04. The van der Waals surface area contributed by atoms with Crippen molar-refractivity contribution >= 4 is 5.97 Å². The molecule has 0 aromatic carbocycles. The quantitative estimate of drug-likeness (QED) is 0.591. The fraction of sp³-hybridized carbons (Fsp3) is 0.562. The van der Waals surface area contributed by atoms with Crippen molar-refractivity contribution in [3.63, 3.8) is 0 Å². The van der Waals surface area contributed by atoms with Crippen LogP contribution in [-0.2, 0) is 4.79 Å². The van der Waals surface area contributed by atoms with Crippen molar-refractivity contribution in [1.82, 2.24) is 0 Å². The number of aliphatic carboxylic acids is 1. The summed E-state index contributed by atoms with van der Waals surface area (Å²) in [5, 5.41) is 9.20. The second kappa shape index (κ2) is 4.42. The maximum Gasteiger partial charge on any atom is 0.331 e. The van der Waals surface area contributed by atoms with E-state index in [1.54, 1.807) is 0 Å². The molecule has 0 aromatic rings. The molecule has 98 valence electrons. The Morgan fingerprint density at radius 1 is 1.50 bits per heavy atom. The molecule has 0 saturated heterocycles. The van der Waals surface area contributed by atoms with Gasteiger partial charge < -0.3 is 5.11 Å². The number of carboxylic acids is 1. The lowest BCUT2D eigenvalue weighted by atomic mass is 9.55. The van der Waals surface area contributed by atoms with Crippen LogP contribution in [0.15, 0.2) is 36.0 Å². The standard InChI is InChI=1S/C16H22O2/c1-10-7-8-16(4)11(2)5-6-13(14(16)9-10)12(3)15(17)18/h9,13-14H,2-3,5-8H2,1,4H3,(H,17,18). The zero-order valence-corrected chi connectivity index (χ0v) is 11.3. The van der Waals surface area contributed by atoms with E-state index in [1.165, 1.54) is 11.1 Å². The predicted molar refractivity (Wildman–Crippen MR) is 73.2 cm³/mol. The van der Waals surface area contributed by atoms with E-state index < -0.39 is 5.97 Å². The summed E-state index contributed by atoms with van der Waals surface area (Å²) < 4.78 is 0. The Hall–Kier alpha value is -1.31. The molecule has 18 heavy (non-hydrogen) atoms. The van der Waals surface area contributed by atoms with Crippen LogP contribution >= 0.6 is 0 Å². The highest BCUT2D eigenvalue weighted by molar-refractivity contribution is 5.86. The third kappa shape index (κ3) is 1.94. The first-order valence-electron chi connectivity index (χ1n) is 6.64. The van der Waals surface area contributed by atoms with Crippen molar-refractivity contribution in [2.24, 2.45) is 17.3 Å². The van der Waals surface area contributed by atoms with Gasteiger partial charge in [0.2, 0.25) is 0 Å². The SMILES string of the molecule is C=C(C(=O)O)C1CCC(=C)C2(C)CCC(C)=CC12. The summed E-state index contributed by atoms with van der Waals surface area (Å²) in [4.78, 5) is 11.2. The van der Waals surface area contributed by atoms with Crippen molar-refractivity contribution in [3.05, 3.63) is 36.0 Å². The third-order valence-electron chi connectivity index (χ3n) is 4.96. The molecule has 3 atom stereocenters. The van der Waals surface area contributed by atoms with Crippen molar-refractivity contribution < 1.29 is 9.90 Å². The van der Waals surface area contributed by atoms with E-state index in [0.29, 0.717) is 5.57 Å². The normalized spacial score (nSPS) is 35.7. The van der Waals surface area contributed by atoms with Gasteiger partial charge in [0.15, 0.2) is 0 Å². The zero-order chi connectivity index (χ0) is 13.5. The molecule has 2 rings (SSSR count).